The predicted octanol–water partition coefficient (Wildman–Crippen LogP) is 2.95. The van der Waals surface area contributed by atoms with E-state index in [2.05, 4.69) is 15.5 Å². The van der Waals surface area contributed by atoms with Crippen LogP contribution in [0.2, 0.25) is 5.02 Å². The fraction of sp³-hybridized carbons (Fsp3) is 0.0833. The second-order valence-corrected chi connectivity index (χ2v) is 3.82. The van der Waals surface area contributed by atoms with Crippen LogP contribution < -0.4 is 5.43 Å². The number of rotatable bonds is 3. The van der Waals surface area contributed by atoms with Gasteiger partial charge in [0.15, 0.2) is 5.89 Å². The highest BCUT2D eigenvalue weighted by atomic mass is 35.5. The molecule has 0 radical (unpaired) electrons. The Morgan fingerprint density at radius 1 is 1.50 bits per heavy atom. The highest BCUT2D eigenvalue weighted by molar-refractivity contribution is 6.33. The fourth-order valence-electron chi connectivity index (χ4n) is 1.32. The lowest BCUT2D eigenvalue weighted by Gasteiger charge is -1.96. The lowest BCUT2D eigenvalue weighted by atomic mass is 10.2. The molecule has 5 nitrogen and oxygen atoms in total. The van der Waals surface area contributed by atoms with E-state index in [0.717, 1.165) is 5.56 Å². The Kier molecular flexibility index (Phi) is 3.60. The largest absolute Gasteiger partial charge is 0.422 e. The van der Waals surface area contributed by atoms with Gasteiger partial charge in [-0.05, 0) is 6.07 Å². The summed E-state index contributed by atoms with van der Waals surface area (Å²) in [6.07, 6.45) is 1.54. The van der Waals surface area contributed by atoms with Crippen molar-refractivity contribution in [3.05, 3.63) is 46.4 Å². The summed E-state index contributed by atoms with van der Waals surface area (Å²) in [7, 11) is 0. The third-order valence-corrected chi connectivity index (χ3v) is 2.46. The maximum absolute atomic E-state index is 8.81. The van der Waals surface area contributed by atoms with Crippen LogP contribution in [0.25, 0.3) is 0 Å². The van der Waals surface area contributed by atoms with Gasteiger partial charge in [0.05, 0.1) is 6.21 Å². The summed E-state index contributed by atoms with van der Waals surface area (Å²) in [5, 5.41) is 13.4. The lowest BCUT2D eigenvalue weighted by molar-refractivity contribution is 0.533. The topological polar surface area (TPSA) is 74.2 Å². The van der Waals surface area contributed by atoms with Crippen LogP contribution in [0.4, 0.5) is 5.88 Å². The number of nitrogens with zero attached hydrogens (tertiary/aromatic N) is 3. The number of hydrogen-bond acceptors (Lipinski definition) is 5. The Balaban J connectivity index is 2.13. The van der Waals surface area contributed by atoms with Gasteiger partial charge in [-0.25, -0.2) is 10.4 Å². The second kappa shape index (κ2) is 5.34. The first-order valence-electron chi connectivity index (χ1n) is 5.12. The average molecular weight is 261 g/mol. The minimum absolute atomic E-state index is 0.170. The van der Waals surface area contributed by atoms with Gasteiger partial charge in [-0.3, -0.25) is 0 Å². The van der Waals surface area contributed by atoms with Gasteiger partial charge in [-0.15, -0.1) is 0 Å². The first-order valence-corrected chi connectivity index (χ1v) is 5.49. The molecule has 1 heterocycles. The van der Waals surface area contributed by atoms with Crippen molar-refractivity contribution in [2.24, 2.45) is 5.10 Å². The maximum atomic E-state index is 8.81. The molecule has 1 N–H and O–H groups in total. The molecule has 0 atom stereocenters. The van der Waals surface area contributed by atoms with Crippen molar-refractivity contribution in [3.8, 4) is 6.07 Å². The molecule has 0 unspecified atom stereocenters. The van der Waals surface area contributed by atoms with Crippen LogP contribution in [0.1, 0.15) is 17.1 Å². The highest BCUT2D eigenvalue weighted by Gasteiger charge is 2.08. The smallest absolute Gasteiger partial charge is 0.252 e. The second-order valence-electron chi connectivity index (χ2n) is 3.41. The van der Waals surface area contributed by atoms with E-state index in [1.165, 1.54) is 0 Å². The average Bonchev–Trinajstić information content (AvgIpc) is 2.72. The number of hydrazone groups is 1. The molecule has 0 fully saturated rings. The predicted molar refractivity (Wildman–Crippen MR) is 68.6 cm³/mol. The van der Waals surface area contributed by atoms with Crippen LogP contribution in [-0.2, 0) is 0 Å². The molecule has 2 aromatic rings. The van der Waals surface area contributed by atoms with Crippen molar-refractivity contribution < 1.29 is 4.42 Å². The molecule has 6 heteroatoms. The van der Waals surface area contributed by atoms with Crippen LogP contribution in [0.5, 0.6) is 0 Å². The quantitative estimate of drug-likeness (QED) is 0.680. The van der Waals surface area contributed by atoms with E-state index in [-0.39, 0.29) is 11.6 Å². The summed E-state index contributed by atoms with van der Waals surface area (Å²) in [5.41, 5.74) is 3.56. The number of halogens is 1. The molecule has 0 saturated heterocycles. The lowest BCUT2D eigenvalue weighted by Crippen LogP contribution is -1.91. The Hall–Kier alpha value is -2.32. The van der Waals surface area contributed by atoms with Gasteiger partial charge in [0.25, 0.3) is 5.88 Å². The standard InChI is InChI=1S/C12H9ClN4O/c1-8-16-11(6-14)12(18-8)17-15-7-9-4-2-3-5-10(9)13/h2-5,7,17H,1H3. The molecular formula is C12H9ClN4O. The van der Waals surface area contributed by atoms with E-state index in [1.807, 2.05) is 24.3 Å². The van der Waals surface area contributed by atoms with Crippen molar-refractivity contribution in [3.63, 3.8) is 0 Å². The van der Waals surface area contributed by atoms with Gasteiger partial charge >= 0.3 is 0 Å². The normalized spacial score (nSPS) is 10.5. The molecule has 0 aliphatic carbocycles. The van der Waals surface area contributed by atoms with Gasteiger partial charge in [0.2, 0.25) is 5.69 Å². The van der Waals surface area contributed by atoms with Crippen molar-refractivity contribution in [2.45, 2.75) is 6.92 Å². The molecule has 0 spiro atoms. The third-order valence-electron chi connectivity index (χ3n) is 2.11. The summed E-state index contributed by atoms with van der Waals surface area (Å²) in [5.74, 6) is 0.625. The molecule has 0 amide bonds. The number of anilines is 1. The number of nitrogens with one attached hydrogen (secondary N) is 1. The molecule has 0 saturated carbocycles. The first-order chi connectivity index (χ1) is 8.70. The van der Waals surface area contributed by atoms with E-state index in [9.17, 15) is 0 Å². The van der Waals surface area contributed by atoms with Crippen molar-refractivity contribution in [2.75, 3.05) is 5.43 Å². The molecule has 90 valence electrons. The number of hydrogen-bond donors (Lipinski definition) is 1. The van der Waals surface area contributed by atoms with Crippen LogP contribution in [0.15, 0.2) is 33.8 Å². The van der Waals surface area contributed by atoms with E-state index in [0.29, 0.717) is 10.9 Å². The van der Waals surface area contributed by atoms with Crippen molar-refractivity contribution in [1.29, 1.82) is 5.26 Å². The molecule has 0 bridgehead atoms. The van der Waals surface area contributed by atoms with E-state index >= 15 is 0 Å². The molecule has 0 aliphatic heterocycles. The van der Waals surface area contributed by atoms with E-state index < -0.39 is 0 Å². The zero-order chi connectivity index (χ0) is 13.0. The van der Waals surface area contributed by atoms with Crippen LogP contribution in [0, 0.1) is 18.3 Å². The van der Waals surface area contributed by atoms with Crippen LogP contribution in [-0.4, -0.2) is 11.2 Å². The van der Waals surface area contributed by atoms with E-state index in [4.69, 9.17) is 21.3 Å². The Morgan fingerprint density at radius 3 is 3.00 bits per heavy atom. The van der Waals surface area contributed by atoms with Crippen LogP contribution >= 0.6 is 11.6 Å². The number of benzene rings is 1. The Morgan fingerprint density at radius 2 is 2.28 bits per heavy atom. The zero-order valence-corrected chi connectivity index (χ0v) is 10.3. The molecule has 2 rings (SSSR count). The van der Waals surface area contributed by atoms with Crippen molar-refractivity contribution >= 4 is 23.7 Å². The fourth-order valence-corrected chi connectivity index (χ4v) is 1.50. The van der Waals surface area contributed by atoms with Gasteiger partial charge in [0, 0.05) is 17.5 Å². The Labute approximate surface area is 109 Å². The molecule has 18 heavy (non-hydrogen) atoms. The monoisotopic (exact) mass is 260 g/mol. The molecule has 1 aromatic heterocycles. The maximum Gasteiger partial charge on any atom is 0.252 e. The van der Waals surface area contributed by atoms with E-state index in [1.54, 1.807) is 19.2 Å². The summed E-state index contributed by atoms with van der Waals surface area (Å²) in [4.78, 5) is 3.88. The third kappa shape index (κ3) is 2.67. The van der Waals surface area contributed by atoms with Gasteiger partial charge in [-0.1, -0.05) is 29.8 Å². The first kappa shape index (κ1) is 12.1. The number of aromatic nitrogens is 1. The van der Waals surface area contributed by atoms with Gasteiger partial charge in [-0.2, -0.15) is 10.4 Å². The minimum Gasteiger partial charge on any atom is -0.422 e. The number of nitriles is 1. The van der Waals surface area contributed by atoms with Crippen LogP contribution in [0.3, 0.4) is 0 Å². The summed E-state index contributed by atoms with van der Waals surface area (Å²) < 4.78 is 5.18. The Bertz CT molecular complexity index is 627. The number of aryl methyl sites for hydroxylation is 1. The number of oxazole rings is 1. The minimum atomic E-state index is 0.170. The molecule has 1 aromatic carbocycles. The van der Waals surface area contributed by atoms with Crippen molar-refractivity contribution in [1.82, 2.24) is 4.98 Å². The molecular weight excluding hydrogens is 252 g/mol. The zero-order valence-electron chi connectivity index (χ0n) is 9.51. The SMILES string of the molecule is Cc1nc(C#N)c(NN=Cc2ccccc2Cl)o1. The molecule has 0 aliphatic rings. The summed E-state index contributed by atoms with van der Waals surface area (Å²) in [6.45, 7) is 1.66. The summed E-state index contributed by atoms with van der Waals surface area (Å²) in [6, 6.07) is 9.19. The van der Waals surface area contributed by atoms with Gasteiger partial charge in [0.1, 0.15) is 6.07 Å². The highest BCUT2D eigenvalue weighted by Crippen LogP contribution is 2.16. The van der Waals surface area contributed by atoms with Gasteiger partial charge < -0.3 is 4.42 Å². The summed E-state index contributed by atoms with van der Waals surface area (Å²) >= 11 is 5.96.